The van der Waals surface area contributed by atoms with Gasteiger partial charge >= 0.3 is 0 Å². The summed E-state index contributed by atoms with van der Waals surface area (Å²) in [7, 11) is 0. The second-order valence-corrected chi connectivity index (χ2v) is 6.50. The van der Waals surface area contributed by atoms with E-state index in [1.165, 1.54) is 37.2 Å². The summed E-state index contributed by atoms with van der Waals surface area (Å²) in [5, 5.41) is 5.83. The second-order valence-electron chi connectivity index (χ2n) is 5.52. The van der Waals surface area contributed by atoms with Crippen molar-refractivity contribution in [3.8, 4) is 0 Å². The third-order valence-electron chi connectivity index (χ3n) is 3.92. The van der Waals surface area contributed by atoms with Crippen LogP contribution < -0.4 is 5.32 Å². The van der Waals surface area contributed by atoms with Gasteiger partial charge in [0.15, 0.2) is 0 Å². The van der Waals surface area contributed by atoms with Crippen LogP contribution in [0, 0.1) is 0 Å². The molecule has 2 heterocycles. The van der Waals surface area contributed by atoms with E-state index < -0.39 is 0 Å². The van der Waals surface area contributed by atoms with E-state index in [-0.39, 0.29) is 0 Å². The highest BCUT2D eigenvalue weighted by Gasteiger charge is 2.26. The maximum absolute atomic E-state index is 3.63. The van der Waals surface area contributed by atoms with E-state index in [4.69, 9.17) is 0 Å². The zero-order valence-corrected chi connectivity index (χ0v) is 12.7. The van der Waals surface area contributed by atoms with Crippen LogP contribution in [0.1, 0.15) is 51.0 Å². The van der Waals surface area contributed by atoms with Crippen molar-refractivity contribution in [2.75, 3.05) is 13.1 Å². The van der Waals surface area contributed by atoms with Crippen molar-refractivity contribution in [1.29, 1.82) is 0 Å². The number of thiophene rings is 1. The van der Waals surface area contributed by atoms with Gasteiger partial charge in [-0.25, -0.2) is 0 Å². The Hall–Kier alpha value is -0.380. The monoisotopic (exact) mass is 266 g/mol. The zero-order chi connectivity index (χ0) is 13.0. The van der Waals surface area contributed by atoms with Gasteiger partial charge in [0, 0.05) is 29.5 Å². The standard InChI is InChI=1S/C15H26N2S/c1-4-14(15-8-6-10-18-15)17(12(2)3)11-13-7-5-9-16-13/h6,8,10,12-14,16H,4-5,7,9,11H2,1-3H3. The highest BCUT2D eigenvalue weighted by atomic mass is 32.1. The Morgan fingerprint density at radius 2 is 2.33 bits per heavy atom. The molecule has 0 radical (unpaired) electrons. The molecule has 18 heavy (non-hydrogen) atoms. The first kappa shape index (κ1) is 14.0. The quantitative estimate of drug-likeness (QED) is 0.845. The van der Waals surface area contributed by atoms with Crippen LogP contribution in [-0.4, -0.2) is 30.1 Å². The van der Waals surface area contributed by atoms with Crippen LogP contribution in [-0.2, 0) is 0 Å². The van der Waals surface area contributed by atoms with E-state index in [1.54, 1.807) is 0 Å². The SMILES string of the molecule is CCC(c1cccs1)N(CC1CCCN1)C(C)C. The van der Waals surface area contributed by atoms with Crippen molar-refractivity contribution >= 4 is 11.3 Å². The lowest BCUT2D eigenvalue weighted by molar-refractivity contribution is 0.137. The molecule has 1 aromatic heterocycles. The van der Waals surface area contributed by atoms with E-state index >= 15 is 0 Å². The van der Waals surface area contributed by atoms with Crippen molar-refractivity contribution < 1.29 is 0 Å². The number of rotatable bonds is 6. The molecule has 102 valence electrons. The van der Waals surface area contributed by atoms with Crippen LogP contribution in [0.2, 0.25) is 0 Å². The molecule has 1 aliphatic heterocycles. The van der Waals surface area contributed by atoms with Gasteiger partial charge in [-0.2, -0.15) is 0 Å². The molecule has 2 rings (SSSR count). The maximum Gasteiger partial charge on any atom is 0.0442 e. The normalized spacial score (nSPS) is 21.9. The summed E-state index contributed by atoms with van der Waals surface area (Å²) in [6, 6.07) is 6.36. The molecule has 0 spiro atoms. The molecule has 0 aliphatic carbocycles. The lowest BCUT2D eigenvalue weighted by Gasteiger charge is -2.36. The summed E-state index contributed by atoms with van der Waals surface area (Å²) < 4.78 is 0. The fraction of sp³-hybridized carbons (Fsp3) is 0.733. The van der Waals surface area contributed by atoms with Crippen molar-refractivity contribution in [2.24, 2.45) is 0 Å². The van der Waals surface area contributed by atoms with Crippen LogP contribution in [0.15, 0.2) is 17.5 Å². The largest absolute Gasteiger partial charge is 0.313 e. The van der Waals surface area contributed by atoms with Crippen LogP contribution in [0.4, 0.5) is 0 Å². The Morgan fingerprint density at radius 1 is 1.50 bits per heavy atom. The zero-order valence-electron chi connectivity index (χ0n) is 11.9. The van der Waals surface area contributed by atoms with E-state index in [9.17, 15) is 0 Å². The van der Waals surface area contributed by atoms with Gasteiger partial charge in [-0.1, -0.05) is 13.0 Å². The van der Waals surface area contributed by atoms with Gasteiger partial charge in [0.2, 0.25) is 0 Å². The van der Waals surface area contributed by atoms with Crippen molar-refractivity contribution in [2.45, 2.75) is 58.2 Å². The van der Waals surface area contributed by atoms with Gasteiger partial charge in [0.1, 0.15) is 0 Å². The Labute approximate surface area is 115 Å². The van der Waals surface area contributed by atoms with Gasteiger partial charge in [-0.3, -0.25) is 4.90 Å². The highest BCUT2D eigenvalue weighted by Crippen LogP contribution is 2.30. The van der Waals surface area contributed by atoms with Crippen LogP contribution >= 0.6 is 11.3 Å². The first-order valence-electron chi connectivity index (χ1n) is 7.25. The summed E-state index contributed by atoms with van der Waals surface area (Å²) in [6.07, 6.45) is 3.88. The van der Waals surface area contributed by atoms with Crippen LogP contribution in [0.3, 0.4) is 0 Å². The predicted molar refractivity (Wildman–Crippen MR) is 80.2 cm³/mol. The summed E-state index contributed by atoms with van der Waals surface area (Å²) in [5.74, 6) is 0. The molecule has 0 aromatic carbocycles. The minimum atomic E-state index is 0.590. The second kappa shape index (κ2) is 6.69. The summed E-state index contributed by atoms with van der Waals surface area (Å²) in [5.41, 5.74) is 0. The average Bonchev–Trinajstić information content (AvgIpc) is 3.00. The predicted octanol–water partition coefficient (Wildman–Crippen LogP) is 3.66. The lowest BCUT2D eigenvalue weighted by atomic mass is 10.1. The molecule has 0 amide bonds. The first-order valence-corrected chi connectivity index (χ1v) is 8.12. The number of hydrogen-bond acceptors (Lipinski definition) is 3. The summed E-state index contributed by atoms with van der Waals surface area (Å²) in [4.78, 5) is 4.19. The molecule has 0 saturated carbocycles. The molecule has 2 atom stereocenters. The summed E-state index contributed by atoms with van der Waals surface area (Å²) >= 11 is 1.90. The number of nitrogens with zero attached hydrogens (tertiary/aromatic N) is 1. The lowest BCUT2D eigenvalue weighted by Crippen LogP contribution is -2.43. The van der Waals surface area contributed by atoms with Gasteiger partial charge in [0.25, 0.3) is 0 Å². The maximum atomic E-state index is 3.63. The Kier molecular flexibility index (Phi) is 5.22. The fourth-order valence-electron chi connectivity index (χ4n) is 2.94. The van der Waals surface area contributed by atoms with E-state index in [0.717, 1.165) is 0 Å². The van der Waals surface area contributed by atoms with Gasteiger partial charge < -0.3 is 5.32 Å². The fourth-order valence-corrected chi connectivity index (χ4v) is 3.88. The van der Waals surface area contributed by atoms with E-state index in [2.05, 4.69) is 48.5 Å². The first-order chi connectivity index (χ1) is 8.72. The topological polar surface area (TPSA) is 15.3 Å². The molecule has 2 unspecified atom stereocenters. The molecule has 1 N–H and O–H groups in total. The van der Waals surface area contributed by atoms with Crippen molar-refractivity contribution in [1.82, 2.24) is 10.2 Å². The average molecular weight is 266 g/mol. The highest BCUT2D eigenvalue weighted by molar-refractivity contribution is 7.10. The molecule has 1 saturated heterocycles. The van der Waals surface area contributed by atoms with Gasteiger partial charge in [-0.15, -0.1) is 11.3 Å². The number of nitrogens with one attached hydrogen (secondary N) is 1. The third-order valence-corrected chi connectivity index (χ3v) is 4.89. The van der Waals surface area contributed by atoms with E-state index in [0.29, 0.717) is 18.1 Å². The Bertz CT molecular complexity index is 328. The van der Waals surface area contributed by atoms with Gasteiger partial charge in [0.05, 0.1) is 0 Å². The van der Waals surface area contributed by atoms with Gasteiger partial charge in [-0.05, 0) is 51.1 Å². The molecule has 2 nitrogen and oxygen atoms in total. The van der Waals surface area contributed by atoms with Crippen LogP contribution in [0.5, 0.6) is 0 Å². The molecular formula is C15H26N2S. The smallest absolute Gasteiger partial charge is 0.0442 e. The van der Waals surface area contributed by atoms with E-state index in [1.807, 2.05) is 11.3 Å². The van der Waals surface area contributed by atoms with Crippen molar-refractivity contribution in [3.63, 3.8) is 0 Å². The Morgan fingerprint density at radius 3 is 2.83 bits per heavy atom. The minimum absolute atomic E-state index is 0.590. The van der Waals surface area contributed by atoms with Crippen LogP contribution in [0.25, 0.3) is 0 Å². The van der Waals surface area contributed by atoms with Crippen molar-refractivity contribution in [3.05, 3.63) is 22.4 Å². The Balaban J connectivity index is 2.07. The molecular weight excluding hydrogens is 240 g/mol. The minimum Gasteiger partial charge on any atom is -0.313 e. The molecule has 1 fully saturated rings. The molecule has 1 aliphatic rings. The third kappa shape index (κ3) is 3.34. The summed E-state index contributed by atoms with van der Waals surface area (Å²) in [6.45, 7) is 9.35. The molecule has 1 aromatic rings. The molecule has 0 bridgehead atoms. The molecule has 3 heteroatoms. The number of hydrogen-bond donors (Lipinski definition) is 1.